The minimum Gasteiger partial charge on any atom is -0.342 e. The third kappa shape index (κ3) is 4.72. The second-order valence-corrected chi connectivity index (χ2v) is 6.05. The number of nitrogens with one attached hydrogen (secondary N) is 1. The van der Waals surface area contributed by atoms with E-state index in [4.69, 9.17) is 0 Å². The zero-order chi connectivity index (χ0) is 14.4. The van der Waals surface area contributed by atoms with Gasteiger partial charge in [0, 0.05) is 24.9 Å². The van der Waals surface area contributed by atoms with Crippen molar-refractivity contribution >= 4 is 18.3 Å². The van der Waals surface area contributed by atoms with Crippen LogP contribution in [0.25, 0.3) is 0 Å². The van der Waals surface area contributed by atoms with Gasteiger partial charge in [-0.15, -0.1) is 12.4 Å². The van der Waals surface area contributed by atoms with Crippen LogP contribution in [0.3, 0.4) is 0 Å². The van der Waals surface area contributed by atoms with Gasteiger partial charge >= 0.3 is 0 Å². The first-order valence-corrected chi connectivity index (χ1v) is 7.64. The highest BCUT2D eigenvalue weighted by atomic mass is 35.5. The molecular weight excluding hydrogens is 284 g/mol. The first-order chi connectivity index (χ1) is 9.65. The SMILES string of the molecule is CNCCCC(=O)N1CCCC(C)(c2ccccc2)C1.Cl. The van der Waals surface area contributed by atoms with Gasteiger partial charge in [0.15, 0.2) is 0 Å². The molecule has 2 rings (SSSR count). The molecule has 1 aliphatic rings. The summed E-state index contributed by atoms with van der Waals surface area (Å²) in [5, 5.41) is 3.10. The summed E-state index contributed by atoms with van der Waals surface area (Å²) in [7, 11) is 1.93. The van der Waals surface area contributed by atoms with Crippen LogP contribution in [0.4, 0.5) is 0 Å². The molecule has 1 N–H and O–H groups in total. The van der Waals surface area contributed by atoms with E-state index in [1.165, 1.54) is 5.56 Å². The number of hydrogen-bond donors (Lipinski definition) is 1. The van der Waals surface area contributed by atoms with Gasteiger partial charge in [0.2, 0.25) is 5.91 Å². The van der Waals surface area contributed by atoms with E-state index in [2.05, 4.69) is 47.5 Å². The van der Waals surface area contributed by atoms with Crippen LogP contribution in [-0.2, 0) is 10.2 Å². The number of carbonyl (C=O) groups is 1. The summed E-state index contributed by atoms with van der Waals surface area (Å²) in [6, 6.07) is 10.6. The van der Waals surface area contributed by atoms with E-state index >= 15 is 0 Å². The largest absolute Gasteiger partial charge is 0.342 e. The molecule has 1 saturated heterocycles. The Morgan fingerprint density at radius 2 is 2.05 bits per heavy atom. The van der Waals surface area contributed by atoms with Crippen molar-refractivity contribution in [1.29, 1.82) is 0 Å². The zero-order valence-corrected chi connectivity index (χ0v) is 13.9. The molecule has 118 valence electrons. The van der Waals surface area contributed by atoms with Crippen LogP contribution in [0.5, 0.6) is 0 Å². The van der Waals surface area contributed by atoms with Gasteiger partial charge in [-0.25, -0.2) is 0 Å². The normalized spacial score (nSPS) is 21.7. The Hall–Kier alpha value is -1.06. The lowest BCUT2D eigenvalue weighted by Crippen LogP contribution is -2.47. The lowest BCUT2D eigenvalue weighted by atomic mass is 9.76. The Balaban J connectivity index is 0.00000220. The fraction of sp³-hybridized carbons (Fsp3) is 0.588. The monoisotopic (exact) mass is 310 g/mol. The smallest absolute Gasteiger partial charge is 0.222 e. The second-order valence-electron chi connectivity index (χ2n) is 6.05. The van der Waals surface area contributed by atoms with Crippen molar-refractivity contribution in [3.05, 3.63) is 35.9 Å². The first-order valence-electron chi connectivity index (χ1n) is 7.64. The molecule has 1 heterocycles. The van der Waals surface area contributed by atoms with Crippen molar-refractivity contribution in [2.24, 2.45) is 0 Å². The van der Waals surface area contributed by atoms with Crippen molar-refractivity contribution < 1.29 is 4.79 Å². The Bertz CT molecular complexity index is 438. The second kappa shape index (κ2) is 8.40. The molecule has 0 aliphatic carbocycles. The average Bonchev–Trinajstić information content (AvgIpc) is 2.48. The predicted molar refractivity (Wildman–Crippen MR) is 90.0 cm³/mol. The number of rotatable bonds is 5. The molecule has 4 heteroatoms. The summed E-state index contributed by atoms with van der Waals surface area (Å²) < 4.78 is 0. The molecule has 3 nitrogen and oxygen atoms in total. The molecule has 21 heavy (non-hydrogen) atoms. The first kappa shape index (κ1) is 18.0. The van der Waals surface area contributed by atoms with Crippen LogP contribution >= 0.6 is 12.4 Å². The Labute approximate surface area is 134 Å². The van der Waals surface area contributed by atoms with Crippen molar-refractivity contribution in [1.82, 2.24) is 10.2 Å². The quantitative estimate of drug-likeness (QED) is 0.848. The number of likely N-dealkylation sites (tertiary alicyclic amines) is 1. The van der Waals surface area contributed by atoms with Crippen molar-refractivity contribution in [2.75, 3.05) is 26.7 Å². The van der Waals surface area contributed by atoms with Crippen LogP contribution in [-0.4, -0.2) is 37.5 Å². The summed E-state index contributed by atoms with van der Waals surface area (Å²) in [6.45, 7) is 4.97. The molecule has 1 unspecified atom stereocenters. The number of amides is 1. The van der Waals surface area contributed by atoms with E-state index in [0.717, 1.165) is 38.9 Å². The fourth-order valence-corrected chi connectivity index (χ4v) is 3.10. The molecular formula is C17H27ClN2O. The topological polar surface area (TPSA) is 32.3 Å². The van der Waals surface area contributed by atoms with Gasteiger partial charge in [0.05, 0.1) is 0 Å². The van der Waals surface area contributed by atoms with E-state index in [1.54, 1.807) is 0 Å². The molecule has 1 aliphatic heterocycles. The van der Waals surface area contributed by atoms with E-state index in [9.17, 15) is 4.79 Å². The molecule has 0 radical (unpaired) electrons. The molecule has 0 bridgehead atoms. The number of benzene rings is 1. The minimum atomic E-state index is 0. The molecule has 0 aromatic heterocycles. The lowest BCUT2D eigenvalue weighted by Gasteiger charge is -2.41. The highest BCUT2D eigenvalue weighted by Crippen LogP contribution is 2.33. The molecule has 1 atom stereocenters. The van der Waals surface area contributed by atoms with Gasteiger partial charge < -0.3 is 10.2 Å². The summed E-state index contributed by atoms with van der Waals surface area (Å²) in [4.78, 5) is 14.4. The summed E-state index contributed by atoms with van der Waals surface area (Å²) in [6.07, 6.45) is 3.85. The van der Waals surface area contributed by atoms with Gasteiger partial charge in [-0.05, 0) is 38.4 Å². The zero-order valence-electron chi connectivity index (χ0n) is 13.1. The molecule has 1 aromatic rings. The highest BCUT2D eigenvalue weighted by molar-refractivity contribution is 5.85. The number of halogens is 1. The number of carbonyl (C=O) groups excluding carboxylic acids is 1. The van der Waals surface area contributed by atoms with Gasteiger partial charge in [0.25, 0.3) is 0 Å². The molecule has 0 spiro atoms. The highest BCUT2D eigenvalue weighted by Gasteiger charge is 2.34. The third-order valence-electron chi connectivity index (χ3n) is 4.34. The van der Waals surface area contributed by atoms with Crippen LogP contribution in [0.1, 0.15) is 38.2 Å². The van der Waals surface area contributed by atoms with Crippen molar-refractivity contribution in [3.8, 4) is 0 Å². The maximum atomic E-state index is 12.3. The van der Waals surface area contributed by atoms with E-state index in [1.807, 2.05) is 7.05 Å². The van der Waals surface area contributed by atoms with Crippen molar-refractivity contribution in [2.45, 2.75) is 38.0 Å². The molecule has 1 amide bonds. The Kier molecular flexibility index (Phi) is 7.20. The van der Waals surface area contributed by atoms with Gasteiger partial charge in [-0.1, -0.05) is 37.3 Å². The van der Waals surface area contributed by atoms with Gasteiger partial charge in [0.1, 0.15) is 0 Å². The van der Waals surface area contributed by atoms with Crippen LogP contribution in [0, 0.1) is 0 Å². The van der Waals surface area contributed by atoms with Crippen LogP contribution in [0.15, 0.2) is 30.3 Å². The molecule has 1 aromatic carbocycles. The van der Waals surface area contributed by atoms with Gasteiger partial charge in [-0.2, -0.15) is 0 Å². The maximum absolute atomic E-state index is 12.3. The van der Waals surface area contributed by atoms with Gasteiger partial charge in [-0.3, -0.25) is 4.79 Å². The van der Waals surface area contributed by atoms with E-state index in [-0.39, 0.29) is 17.8 Å². The van der Waals surface area contributed by atoms with Crippen LogP contribution in [0.2, 0.25) is 0 Å². The summed E-state index contributed by atoms with van der Waals surface area (Å²) in [5.74, 6) is 0.308. The number of piperidine rings is 1. The predicted octanol–water partition coefficient (Wildman–Crippen LogP) is 2.99. The van der Waals surface area contributed by atoms with E-state index < -0.39 is 0 Å². The van der Waals surface area contributed by atoms with Crippen LogP contribution < -0.4 is 5.32 Å². The van der Waals surface area contributed by atoms with E-state index in [0.29, 0.717) is 12.3 Å². The summed E-state index contributed by atoms with van der Waals surface area (Å²) >= 11 is 0. The minimum absolute atomic E-state index is 0. The molecule has 1 fully saturated rings. The lowest BCUT2D eigenvalue weighted by molar-refractivity contribution is -0.133. The number of nitrogens with zero attached hydrogens (tertiary/aromatic N) is 1. The number of hydrogen-bond acceptors (Lipinski definition) is 2. The third-order valence-corrected chi connectivity index (χ3v) is 4.34. The van der Waals surface area contributed by atoms with Crippen molar-refractivity contribution in [3.63, 3.8) is 0 Å². The summed E-state index contributed by atoms with van der Waals surface area (Å²) in [5.41, 5.74) is 1.46. The Morgan fingerprint density at radius 1 is 1.33 bits per heavy atom. The maximum Gasteiger partial charge on any atom is 0.222 e. The Morgan fingerprint density at radius 3 is 2.71 bits per heavy atom. The molecule has 0 saturated carbocycles. The standard InChI is InChI=1S/C17H26N2O.ClH/c1-17(15-8-4-3-5-9-15)11-7-13-19(14-17)16(20)10-6-12-18-2;/h3-5,8-9,18H,6-7,10-14H2,1-2H3;1H. The fourth-order valence-electron chi connectivity index (χ4n) is 3.10. The average molecular weight is 311 g/mol.